The molecule has 1 aliphatic rings. The second kappa shape index (κ2) is 13.3. The zero-order chi connectivity index (χ0) is 26.9. The molecular formula is C33H34NO5-. The highest BCUT2D eigenvalue weighted by atomic mass is 16.5. The average molecular weight is 525 g/mol. The number of nitrogens with zero attached hydrogens (tertiary/aromatic N) is 1. The second-order valence-corrected chi connectivity index (χ2v) is 9.95. The molecule has 6 nitrogen and oxygen atoms in total. The van der Waals surface area contributed by atoms with E-state index in [1.807, 2.05) is 42.5 Å². The number of hydrogen-bond acceptors (Lipinski definition) is 5. The van der Waals surface area contributed by atoms with Gasteiger partial charge in [0.25, 0.3) is 0 Å². The van der Waals surface area contributed by atoms with Crippen LogP contribution >= 0.6 is 0 Å². The number of benzene rings is 4. The summed E-state index contributed by atoms with van der Waals surface area (Å²) in [5.74, 6) is 0.976. The molecule has 1 saturated heterocycles. The number of fused-ring (bicyclic) bond motifs is 1. The second-order valence-electron chi connectivity index (χ2n) is 9.95. The average Bonchev–Trinajstić information content (AvgIpc) is 2.98. The fraction of sp³-hybridized carbons (Fsp3) is 0.303. The van der Waals surface area contributed by atoms with Crippen molar-refractivity contribution in [3.05, 3.63) is 114 Å². The number of carbonyl (C=O) groups is 1. The van der Waals surface area contributed by atoms with Crippen molar-refractivity contribution in [1.29, 1.82) is 0 Å². The van der Waals surface area contributed by atoms with Gasteiger partial charge >= 0.3 is 0 Å². The third-order valence-corrected chi connectivity index (χ3v) is 7.22. The highest BCUT2D eigenvalue weighted by Crippen LogP contribution is 2.31. The number of likely N-dealkylation sites (tertiary alicyclic amines) is 1. The fourth-order valence-electron chi connectivity index (χ4n) is 5.08. The lowest BCUT2D eigenvalue weighted by molar-refractivity contribution is -0.268. The van der Waals surface area contributed by atoms with Gasteiger partial charge in [0.15, 0.2) is 0 Å². The highest BCUT2D eigenvalue weighted by Gasteiger charge is 2.31. The summed E-state index contributed by atoms with van der Waals surface area (Å²) in [6.45, 7) is 2.95. The van der Waals surface area contributed by atoms with Crippen molar-refractivity contribution < 1.29 is 24.1 Å². The minimum Gasteiger partial charge on any atom is -0.530 e. The molecule has 4 aromatic carbocycles. The van der Waals surface area contributed by atoms with Gasteiger partial charge in [-0.25, -0.2) is 0 Å². The van der Waals surface area contributed by atoms with Crippen LogP contribution in [-0.2, 0) is 22.7 Å². The van der Waals surface area contributed by atoms with Crippen LogP contribution in [0.4, 0.5) is 4.79 Å². The van der Waals surface area contributed by atoms with Crippen LogP contribution in [0.15, 0.2) is 97.1 Å². The number of rotatable bonds is 11. The number of hydrogen-bond donors (Lipinski definition) is 0. The number of carboxylic acid groups (broad SMARTS) is 1. The number of piperidine rings is 1. The maximum Gasteiger partial charge on any atom is 0.137 e. The predicted molar refractivity (Wildman–Crippen MR) is 150 cm³/mol. The molecule has 0 radical (unpaired) electrons. The molecule has 0 saturated carbocycles. The molecule has 0 aromatic heterocycles. The molecule has 0 aliphatic carbocycles. The molecule has 4 aromatic rings. The van der Waals surface area contributed by atoms with Crippen LogP contribution in [0.1, 0.15) is 35.4 Å². The van der Waals surface area contributed by atoms with Crippen LogP contribution in [0.5, 0.6) is 5.75 Å². The lowest BCUT2D eigenvalue weighted by Gasteiger charge is -2.40. The largest absolute Gasteiger partial charge is 0.530 e. The van der Waals surface area contributed by atoms with E-state index in [0.29, 0.717) is 45.9 Å². The molecular weight excluding hydrogens is 490 g/mol. The van der Waals surface area contributed by atoms with Gasteiger partial charge in [0.1, 0.15) is 11.8 Å². The third-order valence-electron chi connectivity index (χ3n) is 7.22. The number of para-hydroxylation sites is 1. The molecule has 0 N–H and O–H groups in total. The zero-order valence-corrected chi connectivity index (χ0v) is 22.0. The van der Waals surface area contributed by atoms with Gasteiger partial charge < -0.3 is 29.0 Å². The Morgan fingerprint density at radius 1 is 0.821 bits per heavy atom. The molecule has 0 bridgehead atoms. The predicted octanol–water partition coefficient (Wildman–Crippen LogP) is 5.54. The van der Waals surface area contributed by atoms with Crippen molar-refractivity contribution in [2.45, 2.75) is 38.1 Å². The van der Waals surface area contributed by atoms with Gasteiger partial charge in [-0.2, -0.15) is 0 Å². The van der Waals surface area contributed by atoms with E-state index in [9.17, 15) is 9.90 Å². The van der Waals surface area contributed by atoms with Gasteiger partial charge in [0.2, 0.25) is 0 Å². The summed E-state index contributed by atoms with van der Waals surface area (Å²) in [6.07, 6.45) is 0.109. The smallest absolute Gasteiger partial charge is 0.137 e. The van der Waals surface area contributed by atoms with E-state index < -0.39 is 6.09 Å². The first-order chi connectivity index (χ1) is 19.2. The quantitative estimate of drug-likeness (QED) is 0.241. The summed E-state index contributed by atoms with van der Waals surface area (Å²) in [5, 5.41) is 13.9. The number of carbonyl (C=O) groups excluding carboxylic acids is 1. The van der Waals surface area contributed by atoms with E-state index in [-0.39, 0.29) is 12.0 Å². The Kier molecular flexibility index (Phi) is 9.09. The Labute approximate surface area is 229 Å². The lowest BCUT2D eigenvalue weighted by Crippen LogP contribution is -2.51. The normalized spacial score (nSPS) is 17.3. The molecule has 2 unspecified atom stereocenters. The van der Waals surface area contributed by atoms with E-state index in [4.69, 9.17) is 14.2 Å². The fourth-order valence-corrected chi connectivity index (χ4v) is 5.08. The van der Waals surface area contributed by atoms with Crippen LogP contribution < -0.4 is 9.84 Å². The van der Waals surface area contributed by atoms with Gasteiger partial charge in [-0.15, -0.1) is 0 Å². The Hall–Kier alpha value is -3.87. The maximum absolute atomic E-state index is 11.6. The summed E-state index contributed by atoms with van der Waals surface area (Å²) >= 11 is 0. The first-order valence-corrected chi connectivity index (χ1v) is 13.6. The standard InChI is InChI=1S/C33H35NO5/c35-33(36)34-18-17-31(32(22-34)39-24-26-13-14-27-7-4-5-8-29(27)21-26)28-15-11-25(12-16-28)23-37-19-6-20-38-30-9-2-1-3-10-30/h1-5,7-16,21,31-32H,6,17-20,22-24H2,(H,35,36)/p-1. The first-order valence-electron chi connectivity index (χ1n) is 13.6. The van der Waals surface area contributed by atoms with Crippen molar-refractivity contribution in [3.8, 4) is 5.75 Å². The van der Waals surface area contributed by atoms with Crippen LogP contribution in [0.25, 0.3) is 10.8 Å². The Morgan fingerprint density at radius 3 is 2.36 bits per heavy atom. The van der Waals surface area contributed by atoms with Crippen LogP contribution in [0.2, 0.25) is 0 Å². The molecule has 5 rings (SSSR count). The van der Waals surface area contributed by atoms with Gasteiger partial charge in [0, 0.05) is 25.4 Å². The van der Waals surface area contributed by atoms with Gasteiger partial charge in [-0.05, 0) is 52.1 Å². The van der Waals surface area contributed by atoms with Gasteiger partial charge in [-0.1, -0.05) is 78.9 Å². The van der Waals surface area contributed by atoms with E-state index in [2.05, 4.69) is 54.6 Å². The van der Waals surface area contributed by atoms with Crippen LogP contribution in [-0.4, -0.2) is 43.4 Å². The minimum absolute atomic E-state index is 0.103. The number of ether oxygens (including phenoxy) is 3. The topological polar surface area (TPSA) is 71.1 Å². The molecule has 1 heterocycles. The maximum atomic E-state index is 11.6. The van der Waals surface area contributed by atoms with E-state index in [0.717, 1.165) is 34.2 Å². The molecule has 202 valence electrons. The summed E-state index contributed by atoms with van der Waals surface area (Å²) in [4.78, 5) is 12.9. The summed E-state index contributed by atoms with van der Waals surface area (Å²) in [7, 11) is 0. The SMILES string of the molecule is O=C([O-])N1CCC(c2ccc(COCCCOc3ccccc3)cc2)C(OCc2ccc3ccccc3c2)C1. The molecule has 39 heavy (non-hydrogen) atoms. The summed E-state index contributed by atoms with van der Waals surface area (Å²) in [6, 6.07) is 32.7. The minimum atomic E-state index is -1.14. The monoisotopic (exact) mass is 524 g/mol. The Balaban J connectivity index is 1.14. The van der Waals surface area contributed by atoms with Crippen LogP contribution in [0.3, 0.4) is 0 Å². The molecule has 0 spiro atoms. The first kappa shape index (κ1) is 26.7. The van der Waals surface area contributed by atoms with E-state index in [1.54, 1.807) is 0 Å². The third kappa shape index (κ3) is 7.37. The van der Waals surface area contributed by atoms with Gasteiger partial charge in [0.05, 0.1) is 32.5 Å². The molecule has 1 fully saturated rings. The molecule has 2 atom stereocenters. The van der Waals surface area contributed by atoms with Crippen LogP contribution in [0, 0.1) is 0 Å². The summed E-state index contributed by atoms with van der Waals surface area (Å²) in [5.41, 5.74) is 3.32. The summed E-state index contributed by atoms with van der Waals surface area (Å²) < 4.78 is 17.9. The molecule has 1 amide bonds. The number of amides is 1. The Morgan fingerprint density at radius 2 is 1.56 bits per heavy atom. The van der Waals surface area contributed by atoms with Crippen molar-refractivity contribution in [2.24, 2.45) is 0 Å². The van der Waals surface area contributed by atoms with Crippen molar-refractivity contribution in [3.63, 3.8) is 0 Å². The molecule has 1 aliphatic heterocycles. The van der Waals surface area contributed by atoms with Gasteiger partial charge in [-0.3, -0.25) is 0 Å². The van der Waals surface area contributed by atoms with Crippen molar-refractivity contribution in [1.82, 2.24) is 4.90 Å². The van der Waals surface area contributed by atoms with E-state index >= 15 is 0 Å². The van der Waals surface area contributed by atoms with Crippen molar-refractivity contribution in [2.75, 3.05) is 26.3 Å². The highest BCUT2D eigenvalue weighted by molar-refractivity contribution is 5.82. The zero-order valence-electron chi connectivity index (χ0n) is 22.0. The van der Waals surface area contributed by atoms with E-state index in [1.165, 1.54) is 10.3 Å². The van der Waals surface area contributed by atoms with Crippen molar-refractivity contribution >= 4 is 16.9 Å². The molecule has 6 heteroatoms. The Bertz CT molecular complexity index is 1340. The lowest BCUT2D eigenvalue weighted by atomic mass is 9.86.